The summed E-state index contributed by atoms with van der Waals surface area (Å²) in [6.45, 7) is 0.364. The lowest BCUT2D eigenvalue weighted by atomic mass is 10.1. The minimum Gasteiger partial charge on any atom is -0.482 e. The molecule has 2 N–H and O–H groups in total. The van der Waals surface area contributed by atoms with Crippen molar-refractivity contribution in [3.63, 3.8) is 0 Å². The van der Waals surface area contributed by atoms with Gasteiger partial charge in [0.1, 0.15) is 5.75 Å². The molecule has 0 radical (unpaired) electrons. The van der Waals surface area contributed by atoms with Crippen LogP contribution in [0.25, 0.3) is 0 Å². The van der Waals surface area contributed by atoms with Gasteiger partial charge in [-0.15, -0.1) is 0 Å². The third-order valence-corrected chi connectivity index (χ3v) is 2.98. The van der Waals surface area contributed by atoms with Gasteiger partial charge in [0.2, 0.25) is 0 Å². The Morgan fingerprint density at radius 1 is 1.33 bits per heavy atom. The molecule has 0 unspecified atom stereocenters. The molecular weight excluding hydrogens is 272 g/mol. The van der Waals surface area contributed by atoms with E-state index >= 15 is 0 Å². The number of hydrogen-bond acceptors (Lipinski definition) is 5. The molecule has 2 heterocycles. The third kappa shape index (κ3) is 2.97. The summed E-state index contributed by atoms with van der Waals surface area (Å²) in [6, 6.07) is 6.96. The number of nitrogens with zero attached hydrogens (tertiary/aromatic N) is 2. The molecule has 1 aromatic carbocycles. The number of ether oxygens (including phenoxy) is 1. The maximum atomic E-state index is 11.9. The third-order valence-electron chi connectivity index (χ3n) is 2.98. The number of anilines is 1. The van der Waals surface area contributed by atoms with E-state index in [1.807, 2.05) is 6.07 Å². The minimum absolute atomic E-state index is 0.0259. The predicted octanol–water partition coefficient (Wildman–Crippen LogP) is 0.737. The quantitative estimate of drug-likeness (QED) is 0.867. The molecule has 7 heteroatoms. The average Bonchev–Trinajstić information content (AvgIpc) is 2.53. The van der Waals surface area contributed by atoms with E-state index in [0.29, 0.717) is 23.5 Å². The molecule has 2 aromatic rings. The Labute approximate surface area is 120 Å². The van der Waals surface area contributed by atoms with Gasteiger partial charge in [0, 0.05) is 6.54 Å². The van der Waals surface area contributed by atoms with E-state index in [1.165, 1.54) is 12.4 Å². The highest BCUT2D eigenvalue weighted by Gasteiger charge is 2.16. The zero-order valence-corrected chi connectivity index (χ0v) is 11.0. The van der Waals surface area contributed by atoms with Gasteiger partial charge in [0.05, 0.1) is 23.6 Å². The van der Waals surface area contributed by atoms with Gasteiger partial charge < -0.3 is 15.4 Å². The second-order valence-electron chi connectivity index (χ2n) is 4.48. The Kier molecular flexibility index (Phi) is 3.46. The summed E-state index contributed by atoms with van der Waals surface area (Å²) >= 11 is 0. The minimum atomic E-state index is -0.233. The summed E-state index contributed by atoms with van der Waals surface area (Å²) < 4.78 is 5.27. The highest BCUT2D eigenvalue weighted by atomic mass is 16.5. The van der Waals surface area contributed by atoms with Crippen molar-refractivity contribution in [1.29, 1.82) is 0 Å². The monoisotopic (exact) mass is 284 g/mol. The maximum Gasteiger partial charge on any atom is 0.262 e. The summed E-state index contributed by atoms with van der Waals surface area (Å²) in [6.07, 6.45) is 2.86. The molecule has 21 heavy (non-hydrogen) atoms. The molecule has 0 aliphatic carbocycles. The van der Waals surface area contributed by atoms with Gasteiger partial charge in [0.25, 0.3) is 11.8 Å². The Bertz CT molecular complexity index is 688. The molecule has 2 amide bonds. The van der Waals surface area contributed by atoms with Crippen LogP contribution in [0.5, 0.6) is 5.75 Å². The Balaban J connectivity index is 1.67. The topological polar surface area (TPSA) is 93.2 Å². The van der Waals surface area contributed by atoms with Gasteiger partial charge in [-0.1, -0.05) is 6.07 Å². The summed E-state index contributed by atoms with van der Waals surface area (Å²) in [7, 11) is 0. The highest BCUT2D eigenvalue weighted by molar-refractivity contribution is 5.95. The van der Waals surface area contributed by atoms with Crippen LogP contribution in [0.4, 0.5) is 5.69 Å². The van der Waals surface area contributed by atoms with E-state index in [-0.39, 0.29) is 18.4 Å². The first kappa shape index (κ1) is 13.0. The lowest BCUT2D eigenvalue weighted by Gasteiger charge is -2.18. The van der Waals surface area contributed by atoms with Crippen molar-refractivity contribution >= 4 is 17.5 Å². The molecule has 3 rings (SSSR count). The van der Waals surface area contributed by atoms with Crippen molar-refractivity contribution in [2.75, 3.05) is 11.9 Å². The van der Waals surface area contributed by atoms with E-state index in [9.17, 15) is 9.59 Å². The molecule has 0 spiro atoms. The second kappa shape index (κ2) is 5.58. The van der Waals surface area contributed by atoms with E-state index in [1.54, 1.807) is 18.2 Å². The molecule has 1 aliphatic rings. The Morgan fingerprint density at radius 2 is 2.24 bits per heavy atom. The first-order valence-electron chi connectivity index (χ1n) is 6.33. The van der Waals surface area contributed by atoms with Crippen molar-refractivity contribution in [3.05, 3.63) is 47.8 Å². The number of rotatable bonds is 3. The van der Waals surface area contributed by atoms with Crippen LogP contribution >= 0.6 is 0 Å². The smallest absolute Gasteiger partial charge is 0.262 e. The Morgan fingerprint density at radius 3 is 3.05 bits per heavy atom. The maximum absolute atomic E-state index is 11.9. The molecule has 1 aliphatic heterocycles. The fourth-order valence-electron chi connectivity index (χ4n) is 1.95. The summed E-state index contributed by atoms with van der Waals surface area (Å²) in [5.41, 5.74) is 1.91. The summed E-state index contributed by atoms with van der Waals surface area (Å²) in [5, 5.41) is 12.8. The Hall–Kier alpha value is -2.96. The number of nitrogens with one attached hydrogen (secondary N) is 2. The zero-order valence-electron chi connectivity index (χ0n) is 11.0. The molecule has 0 saturated heterocycles. The molecular formula is C14H12N4O3. The lowest BCUT2D eigenvalue weighted by molar-refractivity contribution is -0.118. The number of carbonyl (C=O) groups is 2. The molecule has 0 saturated carbocycles. The van der Waals surface area contributed by atoms with Gasteiger partial charge in [-0.3, -0.25) is 9.59 Å². The SMILES string of the molecule is O=C1COc2ccc(CNC(=O)c3ccnnc3)cc2N1. The van der Waals surface area contributed by atoms with E-state index in [4.69, 9.17) is 4.74 Å². The van der Waals surface area contributed by atoms with Crippen LogP contribution in [0, 0.1) is 0 Å². The van der Waals surface area contributed by atoms with Gasteiger partial charge in [-0.25, -0.2) is 0 Å². The lowest BCUT2D eigenvalue weighted by Crippen LogP contribution is -2.26. The highest BCUT2D eigenvalue weighted by Crippen LogP contribution is 2.28. The molecule has 1 aromatic heterocycles. The van der Waals surface area contributed by atoms with Crippen LogP contribution in [0.2, 0.25) is 0 Å². The van der Waals surface area contributed by atoms with Crippen LogP contribution in [0.3, 0.4) is 0 Å². The standard InChI is InChI=1S/C14H12N4O3/c19-13-8-21-12-2-1-9(5-11(12)18-13)6-15-14(20)10-3-4-16-17-7-10/h1-5,7H,6,8H2,(H,15,20)(H,18,19). The van der Waals surface area contributed by atoms with Crippen molar-refractivity contribution in [1.82, 2.24) is 15.5 Å². The molecule has 106 valence electrons. The number of carbonyl (C=O) groups excluding carboxylic acids is 2. The van der Waals surface area contributed by atoms with Gasteiger partial charge in [-0.05, 0) is 23.8 Å². The number of fused-ring (bicyclic) bond motifs is 1. The zero-order chi connectivity index (χ0) is 14.7. The second-order valence-corrected chi connectivity index (χ2v) is 4.48. The van der Waals surface area contributed by atoms with Gasteiger partial charge >= 0.3 is 0 Å². The average molecular weight is 284 g/mol. The van der Waals surface area contributed by atoms with Gasteiger partial charge in [0.15, 0.2) is 6.61 Å². The summed E-state index contributed by atoms with van der Waals surface area (Å²) in [5.74, 6) is 0.206. The first-order chi connectivity index (χ1) is 10.2. The number of benzene rings is 1. The van der Waals surface area contributed by atoms with Crippen molar-refractivity contribution in [3.8, 4) is 5.75 Å². The largest absolute Gasteiger partial charge is 0.482 e. The van der Waals surface area contributed by atoms with Crippen molar-refractivity contribution in [2.24, 2.45) is 0 Å². The van der Waals surface area contributed by atoms with Crippen LogP contribution < -0.4 is 15.4 Å². The normalized spacial score (nSPS) is 12.9. The fraction of sp³-hybridized carbons (Fsp3) is 0.143. The van der Waals surface area contributed by atoms with Crippen molar-refractivity contribution < 1.29 is 14.3 Å². The van der Waals surface area contributed by atoms with E-state index < -0.39 is 0 Å². The summed E-state index contributed by atoms with van der Waals surface area (Å²) in [4.78, 5) is 23.2. The van der Waals surface area contributed by atoms with Crippen molar-refractivity contribution in [2.45, 2.75) is 6.54 Å². The number of hydrogen-bond donors (Lipinski definition) is 2. The van der Waals surface area contributed by atoms with Crippen LogP contribution in [-0.4, -0.2) is 28.6 Å². The number of amides is 2. The van der Waals surface area contributed by atoms with Crippen LogP contribution in [-0.2, 0) is 11.3 Å². The number of aromatic nitrogens is 2. The molecule has 0 atom stereocenters. The van der Waals surface area contributed by atoms with Crippen LogP contribution in [0.15, 0.2) is 36.7 Å². The van der Waals surface area contributed by atoms with E-state index in [0.717, 1.165) is 5.56 Å². The molecule has 0 bridgehead atoms. The van der Waals surface area contributed by atoms with Gasteiger partial charge in [-0.2, -0.15) is 10.2 Å². The van der Waals surface area contributed by atoms with Crippen LogP contribution in [0.1, 0.15) is 15.9 Å². The van der Waals surface area contributed by atoms with E-state index in [2.05, 4.69) is 20.8 Å². The molecule has 7 nitrogen and oxygen atoms in total. The predicted molar refractivity (Wildman–Crippen MR) is 73.8 cm³/mol. The fourth-order valence-corrected chi connectivity index (χ4v) is 1.95. The molecule has 0 fully saturated rings. The first-order valence-corrected chi connectivity index (χ1v) is 6.33.